The molecule has 1 heterocycles. The van der Waals surface area contributed by atoms with E-state index >= 15 is 0 Å². The molecule has 142 valence electrons. The van der Waals surface area contributed by atoms with Crippen molar-refractivity contribution in [1.29, 1.82) is 0 Å². The molecule has 0 amide bonds. The van der Waals surface area contributed by atoms with Crippen molar-refractivity contribution >= 4 is 32.7 Å². The molecule has 0 radical (unpaired) electrons. The van der Waals surface area contributed by atoms with Gasteiger partial charge in [-0.25, -0.2) is 0 Å². The topological polar surface area (TPSA) is 13.1 Å². The molecule has 1 aromatic heterocycles. The van der Waals surface area contributed by atoms with Crippen LogP contribution in [0.4, 0.5) is 0 Å². The van der Waals surface area contributed by atoms with Gasteiger partial charge in [-0.05, 0) is 39.1 Å². The lowest BCUT2D eigenvalue weighted by molar-refractivity contribution is 0.664. The van der Waals surface area contributed by atoms with Crippen LogP contribution in [0.3, 0.4) is 0 Å². The van der Waals surface area contributed by atoms with E-state index < -0.39 is 0 Å². The van der Waals surface area contributed by atoms with Crippen LogP contribution in [0, 0.1) is 0 Å². The Morgan fingerprint density at radius 3 is 2.13 bits per heavy atom. The summed E-state index contributed by atoms with van der Waals surface area (Å²) in [4.78, 5) is 0. The highest BCUT2D eigenvalue weighted by atomic mass is 16.3. The van der Waals surface area contributed by atoms with E-state index in [1.165, 1.54) is 43.8 Å². The van der Waals surface area contributed by atoms with Crippen molar-refractivity contribution in [2.24, 2.45) is 0 Å². The van der Waals surface area contributed by atoms with Crippen LogP contribution in [0.5, 0.6) is 0 Å². The molecule has 6 rings (SSSR count). The average Bonchev–Trinajstić information content (AvgIpc) is 3.20. The van der Waals surface area contributed by atoms with E-state index in [0.29, 0.717) is 0 Å². The van der Waals surface area contributed by atoms with Crippen LogP contribution in [-0.2, 0) is 6.42 Å². The number of rotatable bonds is 3. The third kappa shape index (κ3) is 2.79. The number of hydrogen-bond donors (Lipinski definition) is 0. The maximum atomic E-state index is 6.36. The first-order valence-electron chi connectivity index (χ1n) is 10.3. The van der Waals surface area contributed by atoms with Gasteiger partial charge in [0, 0.05) is 17.2 Å². The maximum Gasteiger partial charge on any atom is 0.138 e. The molecule has 0 unspecified atom stereocenters. The van der Waals surface area contributed by atoms with Crippen LogP contribution >= 0.6 is 0 Å². The molecule has 0 atom stereocenters. The van der Waals surface area contributed by atoms with E-state index in [-0.39, 0.29) is 0 Å². The summed E-state index contributed by atoms with van der Waals surface area (Å²) in [5.41, 5.74) is 6.95. The van der Waals surface area contributed by atoms with Crippen LogP contribution in [-0.4, -0.2) is 0 Å². The lowest BCUT2D eigenvalue weighted by Gasteiger charge is -2.06. The molecule has 5 aromatic carbocycles. The van der Waals surface area contributed by atoms with Gasteiger partial charge in [0.15, 0.2) is 0 Å². The van der Waals surface area contributed by atoms with Gasteiger partial charge in [-0.2, -0.15) is 0 Å². The molecule has 0 saturated heterocycles. The lowest BCUT2D eigenvalue weighted by Crippen LogP contribution is -1.89. The van der Waals surface area contributed by atoms with Gasteiger partial charge in [-0.15, -0.1) is 0 Å². The van der Waals surface area contributed by atoms with Crippen molar-refractivity contribution in [1.82, 2.24) is 0 Å². The van der Waals surface area contributed by atoms with E-state index in [2.05, 4.69) is 109 Å². The highest BCUT2D eigenvalue weighted by molar-refractivity contribution is 6.19. The average molecular weight is 384 g/mol. The predicted molar refractivity (Wildman–Crippen MR) is 126 cm³/mol. The highest BCUT2D eigenvalue weighted by Gasteiger charge is 2.13. The van der Waals surface area contributed by atoms with Gasteiger partial charge in [0.2, 0.25) is 0 Å². The number of furan rings is 1. The van der Waals surface area contributed by atoms with E-state index in [1.54, 1.807) is 0 Å². The third-order valence-corrected chi connectivity index (χ3v) is 5.92. The zero-order valence-electron chi connectivity index (χ0n) is 16.5. The molecule has 6 aromatic rings. The summed E-state index contributed by atoms with van der Waals surface area (Å²) in [7, 11) is 0. The molecule has 0 N–H and O–H groups in total. The minimum atomic E-state index is 0.851. The van der Waals surface area contributed by atoms with Crippen LogP contribution < -0.4 is 0 Å². The summed E-state index contributed by atoms with van der Waals surface area (Å²) >= 11 is 0. The molecule has 0 aliphatic rings. The van der Waals surface area contributed by atoms with Crippen molar-refractivity contribution in [2.75, 3.05) is 0 Å². The fraction of sp³-hybridized carbons (Fsp3) is 0.0345. The molecular formula is C29H20O. The minimum Gasteiger partial charge on any atom is -0.456 e. The smallest absolute Gasteiger partial charge is 0.138 e. The fourth-order valence-corrected chi connectivity index (χ4v) is 4.43. The Morgan fingerprint density at radius 2 is 1.27 bits per heavy atom. The molecule has 0 aliphatic heterocycles. The van der Waals surface area contributed by atoms with Crippen molar-refractivity contribution in [2.45, 2.75) is 6.42 Å². The van der Waals surface area contributed by atoms with Gasteiger partial charge < -0.3 is 4.42 Å². The predicted octanol–water partition coefficient (Wildman–Crippen LogP) is 8.00. The van der Waals surface area contributed by atoms with Gasteiger partial charge in [0.25, 0.3) is 0 Å². The highest BCUT2D eigenvalue weighted by Crippen LogP contribution is 2.36. The Balaban J connectivity index is 1.43. The lowest BCUT2D eigenvalue weighted by atomic mass is 9.98. The molecular weight excluding hydrogens is 364 g/mol. The van der Waals surface area contributed by atoms with Gasteiger partial charge in [-0.1, -0.05) is 103 Å². The first-order chi connectivity index (χ1) is 14.9. The normalized spacial score (nSPS) is 11.5. The monoisotopic (exact) mass is 384 g/mol. The Bertz CT molecular complexity index is 1490. The summed E-state index contributed by atoms with van der Waals surface area (Å²) in [6.45, 7) is 0. The molecule has 0 aliphatic carbocycles. The second-order valence-electron chi connectivity index (χ2n) is 7.80. The fourth-order valence-electron chi connectivity index (χ4n) is 4.43. The van der Waals surface area contributed by atoms with Crippen molar-refractivity contribution in [3.63, 3.8) is 0 Å². The Hall–Kier alpha value is -3.84. The standard InChI is InChI=1S/C29H20O/c1-2-7-21(8-3-1)22-15-13-20(14-16-22)19-24-10-6-12-26-28-25-11-5-4-9-23(25)17-18-27(28)30-29(24)26/h1-18H,19H2. The molecule has 0 saturated carbocycles. The summed E-state index contributed by atoms with van der Waals surface area (Å²) in [5.74, 6) is 0. The summed E-state index contributed by atoms with van der Waals surface area (Å²) in [6, 6.07) is 38.6. The van der Waals surface area contributed by atoms with Crippen molar-refractivity contribution in [3.8, 4) is 11.1 Å². The van der Waals surface area contributed by atoms with E-state index in [4.69, 9.17) is 4.42 Å². The molecule has 1 nitrogen and oxygen atoms in total. The Labute approximate surface area is 175 Å². The van der Waals surface area contributed by atoms with Crippen LogP contribution in [0.2, 0.25) is 0 Å². The second-order valence-corrected chi connectivity index (χ2v) is 7.80. The zero-order chi connectivity index (χ0) is 19.9. The third-order valence-electron chi connectivity index (χ3n) is 5.92. The second kappa shape index (κ2) is 6.89. The maximum absolute atomic E-state index is 6.36. The Kier molecular flexibility index (Phi) is 3.92. The van der Waals surface area contributed by atoms with E-state index in [1.807, 2.05) is 0 Å². The summed E-state index contributed by atoms with van der Waals surface area (Å²) < 4.78 is 6.36. The van der Waals surface area contributed by atoms with Crippen molar-refractivity contribution in [3.05, 3.63) is 120 Å². The molecule has 0 bridgehead atoms. The molecule has 0 fully saturated rings. The first kappa shape index (κ1) is 17.1. The molecule has 0 spiro atoms. The van der Waals surface area contributed by atoms with Gasteiger partial charge >= 0.3 is 0 Å². The van der Waals surface area contributed by atoms with Gasteiger partial charge in [-0.3, -0.25) is 0 Å². The van der Waals surface area contributed by atoms with Crippen LogP contribution in [0.1, 0.15) is 11.1 Å². The zero-order valence-corrected chi connectivity index (χ0v) is 16.5. The van der Waals surface area contributed by atoms with Crippen LogP contribution in [0.25, 0.3) is 43.8 Å². The molecule has 30 heavy (non-hydrogen) atoms. The largest absolute Gasteiger partial charge is 0.456 e. The van der Waals surface area contributed by atoms with Gasteiger partial charge in [0.1, 0.15) is 11.2 Å². The van der Waals surface area contributed by atoms with Crippen LogP contribution in [0.15, 0.2) is 114 Å². The summed E-state index contributed by atoms with van der Waals surface area (Å²) in [5, 5.41) is 4.90. The summed E-state index contributed by atoms with van der Waals surface area (Å²) in [6.07, 6.45) is 0.851. The Morgan fingerprint density at radius 1 is 0.533 bits per heavy atom. The quantitative estimate of drug-likeness (QED) is 0.301. The number of para-hydroxylation sites is 1. The van der Waals surface area contributed by atoms with E-state index in [9.17, 15) is 0 Å². The van der Waals surface area contributed by atoms with Gasteiger partial charge in [0.05, 0.1) is 0 Å². The SMILES string of the molecule is c1ccc(-c2ccc(Cc3cccc4c3oc3ccc5ccccc5c34)cc2)cc1. The first-order valence-corrected chi connectivity index (χ1v) is 10.3. The number of fused-ring (bicyclic) bond motifs is 5. The number of hydrogen-bond acceptors (Lipinski definition) is 1. The van der Waals surface area contributed by atoms with Crippen molar-refractivity contribution < 1.29 is 4.42 Å². The number of benzene rings is 5. The minimum absolute atomic E-state index is 0.851. The van der Waals surface area contributed by atoms with E-state index in [0.717, 1.165) is 17.6 Å². The molecule has 1 heteroatoms.